The van der Waals surface area contributed by atoms with Crippen LogP contribution in [0.2, 0.25) is 0 Å². The summed E-state index contributed by atoms with van der Waals surface area (Å²) in [6.45, 7) is 0. The number of fused-ring (bicyclic) bond motifs is 1. The first kappa shape index (κ1) is 9.16. The molecule has 1 fully saturated rings. The average molecular weight is 263 g/mol. The molecule has 0 bridgehead atoms. The number of para-hydroxylation sites is 1. The number of nitrogens with two attached hydrogens (primary N) is 1. The maximum absolute atomic E-state index is 6.03. The van der Waals surface area contributed by atoms with Crippen molar-refractivity contribution in [2.24, 2.45) is 0 Å². The summed E-state index contributed by atoms with van der Waals surface area (Å²) in [6, 6.07) is 8.03. The van der Waals surface area contributed by atoms with Crippen molar-refractivity contribution in [1.82, 2.24) is 4.98 Å². The quantitative estimate of drug-likeness (QED) is 0.855. The highest BCUT2D eigenvalue weighted by Gasteiger charge is 2.25. The average Bonchev–Trinajstić information content (AvgIpc) is 3.02. The van der Waals surface area contributed by atoms with Gasteiger partial charge in [-0.15, -0.1) is 0 Å². The first-order chi connectivity index (χ1) is 7.25. The van der Waals surface area contributed by atoms with Crippen LogP contribution in [-0.2, 0) is 0 Å². The van der Waals surface area contributed by atoms with Crippen LogP contribution in [0.3, 0.4) is 0 Å². The Bertz CT molecular complexity index is 532. The zero-order valence-corrected chi connectivity index (χ0v) is 9.79. The van der Waals surface area contributed by atoms with Gasteiger partial charge in [0, 0.05) is 27.2 Å². The van der Waals surface area contributed by atoms with Gasteiger partial charge >= 0.3 is 0 Å². The SMILES string of the molecule is Nc1cc(C2CC2)nc2c(Br)cccc12. The number of rotatable bonds is 1. The Morgan fingerprint density at radius 2 is 2.13 bits per heavy atom. The molecule has 0 radical (unpaired) electrons. The molecule has 0 atom stereocenters. The minimum absolute atomic E-state index is 0.642. The number of hydrogen-bond acceptors (Lipinski definition) is 2. The van der Waals surface area contributed by atoms with Crippen molar-refractivity contribution in [1.29, 1.82) is 0 Å². The van der Waals surface area contributed by atoms with E-state index in [-0.39, 0.29) is 0 Å². The van der Waals surface area contributed by atoms with Crippen molar-refractivity contribution >= 4 is 32.5 Å². The maximum atomic E-state index is 6.03. The molecule has 1 aliphatic rings. The topological polar surface area (TPSA) is 38.9 Å². The Morgan fingerprint density at radius 3 is 2.87 bits per heavy atom. The summed E-state index contributed by atoms with van der Waals surface area (Å²) >= 11 is 3.52. The van der Waals surface area contributed by atoms with Crippen molar-refractivity contribution < 1.29 is 0 Å². The first-order valence-electron chi connectivity index (χ1n) is 5.10. The fourth-order valence-corrected chi connectivity index (χ4v) is 2.30. The highest BCUT2D eigenvalue weighted by molar-refractivity contribution is 9.10. The molecule has 1 aromatic heterocycles. The van der Waals surface area contributed by atoms with Gasteiger partial charge < -0.3 is 5.73 Å². The number of anilines is 1. The molecule has 1 saturated carbocycles. The van der Waals surface area contributed by atoms with Crippen LogP contribution in [0.1, 0.15) is 24.5 Å². The normalized spacial score (nSPS) is 15.8. The highest BCUT2D eigenvalue weighted by atomic mass is 79.9. The molecule has 1 aliphatic carbocycles. The molecule has 0 unspecified atom stereocenters. The molecule has 3 heteroatoms. The maximum Gasteiger partial charge on any atom is 0.0868 e. The Morgan fingerprint density at radius 1 is 1.33 bits per heavy atom. The molecule has 15 heavy (non-hydrogen) atoms. The molecule has 2 nitrogen and oxygen atoms in total. The summed E-state index contributed by atoms with van der Waals surface area (Å²) in [6.07, 6.45) is 2.50. The first-order valence-corrected chi connectivity index (χ1v) is 5.89. The van der Waals surface area contributed by atoms with E-state index in [9.17, 15) is 0 Å². The molecule has 2 aromatic rings. The third-order valence-electron chi connectivity index (χ3n) is 2.84. The molecule has 76 valence electrons. The van der Waals surface area contributed by atoms with E-state index in [0.29, 0.717) is 5.92 Å². The summed E-state index contributed by atoms with van der Waals surface area (Å²) in [7, 11) is 0. The Balaban J connectivity index is 2.32. The Hall–Kier alpha value is -1.09. The molecule has 0 saturated heterocycles. The monoisotopic (exact) mass is 262 g/mol. The van der Waals surface area contributed by atoms with Crippen molar-refractivity contribution in [3.8, 4) is 0 Å². The number of pyridine rings is 1. The van der Waals surface area contributed by atoms with Gasteiger partial charge in [0.25, 0.3) is 0 Å². The van der Waals surface area contributed by atoms with Gasteiger partial charge in [0.05, 0.1) is 5.52 Å². The fourth-order valence-electron chi connectivity index (χ4n) is 1.85. The third kappa shape index (κ3) is 1.51. The lowest BCUT2D eigenvalue weighted by Crippen LogP contribution is -1.94. The molecule has 1 heterocycles. The Labute approximate surface area is 96.6 Å². The summed E-state index contributed by atoms with van der Waals surface area (Å²) in [5.74, 6) is 0.642. The van der Waals surface area contributed by atoms with Crippen molar-refractivity contribution in [3.63, 3.8) is 0 Å². The van der Waals surface area contributed by atoms with Gasteiger partial charge in [-0.05, 0) is 40.9 Å². The number of benzene rings is 1. The standard InChI is InChI=1S/C12H11BrN2/c13-9-3-1-2-8-10(14)6-11(7-4-5-7)15-12(8)9/h1-3,6-7H,4-5H2,(H2,14,15). The van der Waals surface area contributed by atoms with Crippen molar-refractivity contribution in [3.05, 3.63) is 34.4 Å². The van der Waals surface area contributed by atoms with E-state index in [0.717, 1.165) is 26.8 Å². The van der Waals surface area contributed by atoms with Gasteiger partial charge in [0.15, 0.2) is 0 Å². The van der Waals surface area contributed by atoms with E-state index in [1.807, 2.05) is 24.3 Å². The summed E-state index contributed by atoms with van der Waals surface area (Å²) in [5.41, 5.74) is 9.00. The summed E-state index contributed by atoms with van der Waals surface area (Å²) in [5, 5.41) is 1.04. The van der Waals surface area contributed by atoms with E-state index >= 15 is 0 Å². The molecule has 1 aromatic carbocycles. The minimum Gasteiger partial charge on any atom is -0.398 e. The van der Waals surface area contributed by atoms with E-state index in [1.54, 1.807) is 0 Å². The predicted octanol–water partition coefficient (Wildman–Crippen LogP) is 3.46. The molecule has 0 aliphatic heterocycles. The van der Waals surface area contributed by atoms with Gasteiger partial charge in [-0.3, -0.25) is 4.98 Å². The summed E-state index contributed by atoms with van der Waals surface area (Å²) in [4.78, 5) is 4.67. The fraction of sp³-hybridized carbons (Fsp3) is 0.250. The molecular weight excluding hydrogens is 252 g/mol. The zero-order valence-electron chi connectivity index (χ0n) is 8.20. The molecule has 0 spiro atoms. The largest absolute Gasteiger partial charge is 0.398 e. The van der Waals surface area contributed by atoms with Crippen LogP contribution in [0.25, 0.3) is 10.9 Å². The number of halogens is 1. The lowest BCUT2D eigenvalue weighted by Gasteiger charge is -2.06. The van der Waals surface area contributed by atoms with Crippen LogP contribution in [0, 0.1) is 0 Å². The van der Waals surface area contributed by atoms with Gasteiger partial charge in [-0.1, -0.05) is 12.1 Å². The smallest absolute Gasteiger partial charge is 0.0868 e. The second-order valence-electron chi connectivity index (χ2n) is 4.05. The number of aromatic nitrogens is 1. The van der Waals surface area contributed by atoms with Crippen LogP contribution in [0.5, 0.6) is 0 Å². The van der Waals surface area contributed by atoms with Crippen LogP contribution >= 0.6 is 15.9 Å². The van der Waals surface area contributed by atoms with Crippen LogP contribution < -0.4 is 5.73 Å². The Kier molecular flexibility index (Phi) is 1.96. The van der Waals surface area contributed by atoms with Gasteiger partial charge in [-0.25, -0.2) is 0 Å². The predicted molar refractivity (Wildman–Crippen MR) is 65.8 cm³/mol. The third-order valence-corrected chi connectivity index (χ3v) is 3.48. The minimum atomic E-state index is 0.642. The molecular formula is C12H11BrN2. The van der Waals surface area contributed by atoms with Crippen LogP contribution in [-0.4, -0.2) is 4.98 Å². The van der Waals surface area contributed by atoms with E-state index in [4.69, 9.17) is 5.73 Å². The number of nitrogen functional groups attached to an aromatic ring is 1. The second kappa shape index (κ2) is 3.20. The molecule has 2 N–H and O–H groups in total. The highest BCUT2D eigenvalue weighted by Crippen LogP contribution is 2.41. The van der Waals surface area contributed by atoms with Gasteiger partial charge in [0.1, 0.15) is 0 Å². The van der Waals surface area contributed by atoms with Crippen LogP contribution in [0.4, 0.5) is 5.69 Å². The van der Waals surface area contributed by atoms with Crippen molar-refractivity contribution in [2.75, 3.05) is 5.73 Å². The van der Waals surface area contributed by atoms with E-state index in [1.165, 1.54) is 12.8 Å². The molecule has 3 rings (SSSR count). The second-order valence-corrected chi connectivity index (χ2v) is 4.90. The summed E-state index contributed by atoms with van der Waals surface area (Å²) < 4.78 is 1.02. The van der Waals surface area contributed by atoms with Crippen LogP contribution in [0.15, 0.2) is 28.7 Å². The van der Waals surface area contributed by atoms with Gasteiger partial charge in [-0.2, -0.15) is 0 Å². The lowest BCUT2D eigenvalue weighted by atomic mass is 10.1. The van der Waals surface area contributed by atoms with E-state index < -0.39 is 0 Å². The van der Waals surface area contributed by atoms with Crippen molar-refractivity contribution in [2.45, 2.75) is 18.8 Å². The molecule has 0 amide bonds. The lowest BCUT2D eigenvalue weighted by molar-refractivity contribution is 1.04. The number of hydrogen-bond donors (Lipinski definition) is 1. The number of nitrogens with zero attached hydrogens (tertiary/aromatic N) is 1. The van der Waals surface area contributed by atoms with Gasteiger partial charge in [0.2, 0.25) is 0 Å². The zero-order chi connectivity index (χ0) is 10.4. The van der Waals surface area contributed by atoms with E-state index in [2.05, 4.69) is 20.9 Å².